The third-order valence-corrected chi connectivity index (χ3v) is 7.84. The van der Waals surface area contributed by atoms with Crippen molar-refractivity contribution in [3.63, 3.8) is 0 Å². The molecule has 0 saturated heterocycles. The smallest absolute Gasteiger partial charge is 0.269 e. The first-order valence-corrected chi connectivity index (χ1v) is 12.5. The van der Waals surface area contributed by atoms with E-state index in [9.17, 15) is 23.3 Å². The van der Waals surface area contributed by atoms with Crippen molar-refractivity contribution in [2.75, 3.05) is 13.1 Å². The van der Waals surface area contributed by atoms with Crippen LogP contribution in [0.2, 0.25) is 0 Å². The highest BCUT2D eigenvalue weighted by molar-refractivity contribution is 7.90. The third-order valence-electron chi connectivity index (χ3n) is 6.17. The molecule has 0 spiro atoms. The van der Waals surface area contributed by atoms with Crippen LogP contribution < -0.4 is 5.32 Å². The number of hydrogen-bond acceptors (Lipinski definition) is 7. The molecule has 1 aromatic heterocycles. The Balaban J connectivity index is 1.43. The number of non-ortho nitro benzene ring substituents is 1. The van der Waals surface area contributed by atoms with Crippen molar-refractivity contribution in [1.82, 2.24) is 9.29 Å². The van der Waals surface area contributed by atoms with E-state index in [0.29, 0.717) is 37.2 Å². The molecule has 2 aromatic carbocycles. The monoisotopic (exact) mass is 490 g/mol. The molecule has 2 heterocycles. The van der Waals surface area contributed by atoms with Gasteiger partial charge in [-0.25, -0.2) is 12.4 Å². The maximum absolute atomic E-state index is 13.5. The van der Waals surface area contributed by atoms with Gasteiger partial charge in [0.2, 0.25) is 5.78 Å². The Morgan fingerprint density at radius 1 is 1.11 bits per heavy atom. The van der Waals surface area contributed by atoms with Gasteiger partial charge in [0.05, 0.1) is 21.2 Å². The quantitative estimate of drug-likeness (QED) is 0.401. The standard InChI is InChI=1S/C25H22N4O5S/c1-16-2-8-20(9-3-16)35(33,34)28-15-18-11-13-26-21-14-22(25(30)24(28)23(18)21)27-12-10-17-4-6-19(7-5-17)29(31)32/h2-9,14-15,27H,10-13H2,1H3. The van der Waals surface area contributed by atoms with Gasteiger partial charge in [-0.15, -0.1) is 0 Å². The maximum atomic E-state index is 13.5. The topological polar surface area (TPSA) is 124 Å². The lowest BCUT2D eigenvalue weighted by Gasteiger charge is -2.21. The average Bonchev–Trinajstić information content (AvgIpc) is 3.25. The number of aryl methyl sites for hydroxylation is 1. The minimum Gasteiger partial charge on any atom is -0.381 e. The van der Waals surface area contributed by atoms with Crippen LogP contribution in [0, 0.1) is 17.0 Å². The second kappa shape index (κ2) is 8.62. The normalized spacial score (nSPS) is 14.7. The molecule has 1 N–H and O–H groups in total. The summed E-state index contributed by atoms with van der Waals surface area (Å²) in [6.45, 7) is 2.77. The predicted octanol–water partition coefficient (Wildman–Crippen LogP) is 3.20. The van der Waals surface area contributed by atoms with Crippen molar-refractivity contribution >= 4 is 27.2 Å². The number of rotatable bonds is 7. The van der Waals surface area contributed by atoms with Crippen molar-refractivity contribution in [3.8, 4) is 0 Å². The van der Waals surface area contributed by atoms with Crippen LogP contribution in [0.4, 0.5) is 5.69 Å². The number of aromatic nitrogens is 1. The van der Waals surface area contributed by atoms with Crippen LogP contribution in [-0.4, -0.2) is 41.9 Å². The molecular formula is C25H22N4O5S. The van der Waals surface area contributed by atoms with E-state index in [0.717, 1.165) is 20.7 Å². The molecule has 178 valence electrons. The minimum atomic E-state index is -3.98. The van der Waals surface area contributed by atoms with Gasteiger partial charge in [-0.2, -0.15) is 0 Å². The Labute approximate surface area is 202 Å². The van der Waals surface area contributed by atoms with Crippen LogP contribution in [0.15, 0.2) is 76.4 Å². The summed E-state index contributed by atoms with van der Waals surface area (Å²) in [5.41, 5.74) is 4.15. The van der Waals surface area contributed by atoms with Crippen molar-refractivity contribution in [2.24, 2.45) is 4.99 Å². The summed E-state index contributed by atoms with van der Waals surface area (Å²) >= 11 is 0. The Morgan fingerprint density at radius 2 is 1.83 bits per heavy atom. The summed E-state index contributed by atoms with van der Waals surface area (Å²) in [6, 6.07) is 12.7. The number of nitro groups is 1. The molecular weight excluding hydrogens is 468 g/mol. The molecule has 0 saturated carbocycles. The van der Waals surface area contributed by atoms with E-state index < -0.39 is 20.7 Å². The highest BCUT2D eigenvalue weighted by Gasteiger charge is 2.36. The number of carbonyl (C=O) groups is 1. The van der Waals surface area contributed by atoms with Crippen LogP contribution in [0.25, 0.3) is 0 Å². The van der Waals surface area contributed by atoms with E-state index in [1.165, 1.54) is 24.3 Å². The van der Waals surface area contributed by atoms with E-state index >= 15 is 0 Å². The van der Waals surface area contributed by atoms with Crippen molar-refractivity contribution < 1.29 is 18.1 Å². The number of benzene rings is 2. The third kappa shape index (κ3) is 4.06. The van der Waals surface area contributed by atoms with Crippen LogP contribution in [0.1, 0.15) is 32.7 Å². The number of carbonyl (C=O) groups excluding carboxylic acids is 1. The fourth-order valence-corrected chi connectivity index (χ4v) is 5.70. The average molecular weight is 491 g/mol. The van der Waals surface area contributed by atoms with Gasteiger partial charge in [-0.05, 0) is 49.1 Å². The van der Waals surface area contributed by atoms with Crippen molar-refractivity contribution in [3.05, 3.63) is 105 Å². The van der Waals surface area contributed by atoms with E-state index in [4.69, 9.17) is 0 Å². The zero-order valence-electron chi connectivity index (χ0n) is 18.9. The molecule has 0 bridgehead atoms. The number of ketones is 1. The summed E-state index contributed by atoms with van der Waals surface area (Å²) in [5.74, 6) is -0.411. The molecule has 10 heteroatoms. The van der Waals surface area contributed by atoms with Crippen molar-refractivity contribution in [2.45, 2.75) is 24.7 Å². The fourth-order valence-electron chi connectivity index (χ4n) is 4.32. The number of nitro benzene ring substituents is 1. The molecule has 0 amide bonds. The molecule has 1 aliphatic heterocycles. The van der Waals surface area contributed by atoms with E-state index in [1.54, 1.807) is 36.5 Å². The second-order valence-electron chi connectivity index (χ2n) is 8.50. The van der Waals surface area contributed by atoms with Crippen LogP contribution in [0.3, 0.4) is 0 Å². The Kier molecular flexibility index (Phi) is 5.60. The van der Waals surface area contributed by atoms with Gasteiger partial charge < -0.3 is 5.32 Å². The lowest BCUT2D eigenvalue weighted by molar-refractivity contribution is -0.384. The fraction of sp³-hybridized carbons (Fsp3) is 0.200. The molecule has 35 heavy (non-hydrogen) atoms. The summed E-state index contributed by atoms with van der Waals surface area (Å²) < 4.78 is 28.1. The molecule has 9 nitrogen and oxygen atoms in total. The van der Waals surface area contributed by atoms with Crippen LogP contribution in [-0.2, 0) is 22.9 Å². The van der Waals surface area contributed by atoms with Gasteiger partial charge in [0.1, 0.15) is 5.69 Å². The van der Waals surface area contributed by atoms with E-state index in [-0.39, 0.29) is 22.0 Å². The van der Waals surface area contributed by atoms with Gasteiger partial charge in [-0.3, -0.25) is 19.9 Å². The number of nitrogens with one attached hydrogen (secondary N) is 1. The SMILES string of the molecule is Cc1ccc(S(=O)(=O)n2cc3c4c2C(=O)C(NCCc2ccc([N+](=O)[O-])cc2)=CC4=NCC3)cc1. The summed E-state index contributed by atoms with van der Waals surface area (Å²) in [5, 5.41) is 13.9. The van der Waals surface area contributed by atoms with Gasteiger partial charge in [0.15, 0.2) is 0 Å². The first-order valence-electron chi connectivity index (χ1n) is 11.1. The molecule has 0 atom stereocenters. The predicted molar refractivity (Wildman–Crippen MR) is 131 cm³/mol. The number of allylic oxidation sites excluding steroid dienone is 2. The highest BCUT2D eigenvalue weighted by Crippen LogP contribution is 2.32. The van der Waals surface area contributed by atoms with Crippen LogP contribution in [0.5, 0.6) is 0 Å². The van der Waals surface area contributed by atoms with Gasteiger partial charge in [0.25, 0.3) is 15.7 Å². The summed E-state index contributed by atoms with van der Waals surface area (Å²) in [6.07, 6.45) is 4.30. The molecule has 5 rings (SSSR count). The molecule has 0 fully saturated rings. The summed E-state index contributed by atoms with van der Waals surface area (Å²) in [4.78, 5) is 28.5. The Bertz CT molecular complexity index is 1510. The van der Waals surface area contributed by atoms with Gasteiger partial charge in [0, 0.05) is 37.0 Å². The number of aliphatic imine (C=N–C) groups is 1. The first kappa shape index (κ1) is 22.7. The Morgan fingerprint density at radius 3 is 2.51 bits per heavy atom. The number of hydrogen-bond donors (Lipinski definition) is 1. The van der Waals surface area contributed by atoms with Crippen molar-refractivity contribution in [1.29, 1.82) is 0 Å². The molecule has 3 aromatic rings. The Hall–Kier alpha value is -4.05. The minimum absolute atomic E-state index is 0.0149. The zero-order chi connectivity index (χ0) is 24.7. The molecule has 0 radical (unpaired) electrons. The molecule has 1 aliphatic carbocycles. The van der Waals surface area contributed by atoms with Crippen LogP contribution >= 0.6 is 0 Å². The highest BCUT2D eigenvalue weighted by atomic mass is 32.2. The van der Waals surface area contributed by atoms with E-state index in [1.807, 2.05) is 6.92 Å². The maximum Gasteiger partial charge on any atom is 0.269 e. The zero-order valence-corrected chi connectivity index (χ0v) is 19.7. The number of nitrogens with zero attached hydrogens (tertiary/aromatic N) is 3. The lowest BCUT2D eigenvalue weighted by atomic mass is 9.92. The number of Topliss-reactive ketones (excluding diaryl/α,β-unsaturated/α-hetero) is 1. The lowest BCUT2D eigenvalue weighted by Crippen LogP contribution is -2.32. The molecule has 2 aliphatic rings. The largest absolute Gasteiger partial charge is 0.381 e. The van der Waals surface area contributed by atoms with E-state index in [2.05, 4.69) is 10.3 Å². The summed E-state index contributed by atoms with van der Waals surface area (Å²) in [7, 11) is -3.98. The first-order chi connectivity index (χ1) is 16.8. The second-order valence-corrected chi connectivity index (χ2v) is 10.3. The van der Waals surface area contributed by atoms with Gasteiger partial charge in [-0.1, -0.05) is 29.8 Å². The molecule has 0 unspecified atom stereocenters. The van der Waals surface area contributed by atoms with Gasteiger partial charge >= 0.3 is 0 Å².